The Bertz CT molecular complexity index is 1970. The molecule has 2 aliphatic heterocycles. The van der Waals surface area contributed by atoms with Crippen LogP contribution in [-0.2, 0) is 27.7 Å². The summed E-state index contributed by atoms with van der Waals surface area (Å²) in [5.74, 6) is -0.248. The number of nitrogens with zero attached hydrogens (tertiary/aromatic N) is 5. The van der Waals surface area contributed by atoms with Gasteiger partial charge in [0.15, 0.2) is 5.78 Å². The lowest BCUT2D eigenvalue weighted by atomic mass is 9.85. The van der Waals surface area contributed by atoms with Crippen molar-refractivity contribution < 1.29 is 18.0 Å². The number of hydrogen-bond acceptors (Lipinski definition) is 8. The van der Waals surface area contributed by atoms with E-state index in [1.54, 1.807) is 79.1 Å². The molecular weight excluding hydrogens is 613 g/mol. The molecule has 2 saturated heterocycles. The number of carbonyl (C=O) groups is 2. The number of sulfonamides is 1. The van der Waals surface area contributed by atoms with E-state index in [2.05, 4.69) is 21.4 Å². The van der Waals surface area contributed by atoms with Crippen molar-refractivity contribution >= 4 is 21.7 Å². The normalized spacial score (nSPS) is 22.5. The predicted octanol–water partition coefficient (Wildman–Crippen LogP) is 3.66. The lowest BCUT2D eigenvalue weighted by Crippen LogP contribution is -2.51. The fourth-order valence-corrected chi connectivity index (χ4v) is 8.78. The van der Waals surface area contributed by atoms with Crippen molar-refractivity contribution in [3.05, 3.63) is 137 Å². The highest BCUT2D eigenvalue weighted by Gasteiger charge is 2.65. The van der Waals surface area contributed by atoms with Crippen LogP contribution in [0.3, 0.4) is 0 Å². The maximum atomic E-state index is 14.8. The molecule has 0 bridgehead atoms. The van der Waals surface area contributed by atoms with Crippen LogP contribution in [-0.4, -0.2) is 64.0 Å². The third kappa shape index (κ3) is 5.60. The largest absolute Gasteiger partial charge is 0.357 e. The number of hydrogen-bond donors (Lipinski definition) is 1. The summed E-state index contributed by atoms with van der Waals surface area (Å²) in [6, 6.07) is 22.6. The highest BCUT2D eigenvalue weighted by atomic mass is 32.2. The quantitative estimate of drug-likeness (QED) is 0.216. The standard InChI is InChI=1S/C36H32N6O4S/c1-24-4-2-3-5-32(24)47(45,46)41-22-29-30(23-41)34(29)42-33(18-31(43)28-8-6-27(21-37)7-9-28)40-36(35(42)44,19-25-10-14-38-15-11-25)20-26-12-16-39-17-13-26/h2-18,29-30,34,40H,19-20,22-23H2,1H3/b33-18+/t29-,30+,34+. The molecule has 10 nitrogen and oxygen atoms in total. The molecule has 1 N–H and O–H groups in total. The fraction of sp³-hybridized carbons (Fsp3) is 0.250. The van der Waals surface area contributed by atoms with E-state index in [1.165, 1.54) is 10.4 Å². The fourth-order valence-electron chi connectivity index (χ4n) is 7.04. The summed E-state index contributed by atoms with van der Waals surface area (Å²) < 4.78 is 28.7. The molecule has 4 heterocycles. The summed E-state index contributed by atoms with van der Waals surface area (Å²) in [7, 11) is -3.70. The molecule has 1 aliphatic carbocycles. The number of aromatic nitrogens is 2. The second-order valence-electron chi connectivity index (χ2n) is 12.4. The first-order valence-electron chi connectivity index (χ1n) is 15.4. The van der Waals surface area contributed by atoms with Crippen molar-refractivity contribution in [2.75, 3.05) is 13.1 Å². The van der Waals surface area contributed by atoms with Crippen molar-refractivity contribution in [3.63, 3.8) is 0 Å². The third-order valence-corrected chi connectivity index (χ3v) is 11.4. The molecule has 0 unspecified atom stereocenters. The third-order valence-electron chi connectivity index (χ3n) is 9.46. The minimum Gasteiger partial charge on any atom is -0.357 e. The molecule has 3 atom stereocenters. The van der Waals surface area contributed by atoms with E-state index in [1.807, 2.05) is 30.3 Å². The minimum absolute atomic E-state index is 0.0781. The first-order chi connectivity index (χ1) is 22.7. The molecule has 0 spiro atoms. The van der Waals surface area contributed by atoms with Crippen LogP contribution < -0.4 is 5.32 Å². The molecule has 1 amide bonds. The summed E-state index contributed by atoms with van der Waals surface area (Å²) in [5, 5.41) is 12.7. The molecule has 4 aromatic rings. The number of allylic oxidation sites excluding steroid dienone is 1. The molecule has 2 aromatic heterocycles. The second kappa shape index (κ2) is 11.9. The van der Waals surface area contributed by atoms with Gasteiger partial charge in [0, 0.05) is 80.2 Å². The predicted molar refractivity (Wildman–Crippen MR) is 173 cm³/mol. The SMILES string of the molecule is Cc1ccccc1S(=O)(=O)N1C[C@@H]2[C@H](C1)[C@H]2N1C(=O)C(Cc2ccncc2)(Cc2ccncc2)N/C1=C\C(=O)c1ccc(C#N)cc1. The van der Waals surface area contributed by atoms with Gasteiger partial charge in [-0.3, -0.25) is 24.5 Å². The van der Waals surface area contributed by atoms with Crippen molar-refractivity contribution in [2.45, 2.75) is 36.2 Å². The average molecular weight is 645 g/mol. The number of fused-ring (bicyclic) bond motifs is 1. The van der Waals surface area contributed by atoms with Gasteiger partial charge in [-0.15, -0.1) is 0 Å². The van der Waals surface area contributed by atoms with Gasteiger partial charge in [0.05, 0.1) is 16.5 Å². The Kier molecular flexibility index (Phi) is 7.70. The Hall–Kier alpha value is -5.18. The Morgan fingerprint density at radius 1 is 0.936 bits per heavy atom. The maximum absolute atomic E-state index is 14.8. The summed E-state index contributed by atoms with van der Waals surface area (Å²) in [4.78, 5) is 38.7. The van der Waals surface area contributed by atoms with Crippen LogP contribution in [0.25, 0.3) is 0 Å². The van der Waals surface area contributed by atoms with Gasteiger partial charge in [0.1, 0.15) is 11.4 Å². The van der Waals surface area contributed by atoms with Gasteiger partial charge in [-0.05, 0) is 78.2 Å². The first kappa shape index (κ1) is 30.5. The number of rotatable bonds is 9. The first-order valence-corrected chi connectivity index (χ1v) is 16.9. The molecule has 2 aromatic carbocycles. The van der Waals surface area contributed by atoms with E-state index in [-0.39, 0.29) is 42.7 Å². The van der Waals surface area contributed by atoms with Crippen LogP contribution in [0.4, 0.5) is 0 Å². The smallest absolute Gasteiger partial charge is 0.254 e. The number of benzene rings is 2. The monoisotopic (exact) mass is 644 g/mol. The number of piperidine rings is 1. The molecule has 3 aliphatic rings. The summed E-state index contributed by atoms with van der Waals surface area (Å²) in [5.41, 5.74) is 2.20. The van der Waals surface area contributed by atoms with E-state index < -0.39 is 15.6 Å². The molecule has 3 fully saturated rings. The molecular formula is C36H32N6O4S. The van der Waals surface area contributed by atoms with E-state index in [4.69, 9.17) is 0 Å². The number of ketones is 1. The van der Waals surface area contributed by atoms with Crippen LogP contribution >= 0.6 is 0 Å². The topological polar surface area (TPSA) is 136 Å². The minimum atomic E-state index is -3.70. The molecule has 11 heteroatoms. The zero-order valence-corrected chi connectivity index (χ0v) is 26.5. The summed E-state index contributed by atoms with van der Waals surface area (Å²) >= 11 is 0. The molecule has 236 valence electrons. The van der Waals surface area contributed by atoms with Gasteiger partial charge in [-0.2, -0.15) is 9.57 Å². The zero-order chi connectivity index (χ0) is 32.8. The van der Waals surface area contributed by atoms with Crippen molar-refractivity contribution in [1.29, 1.82) is 5.26 Å². The molecule has 7 rings (SSSR count). The highest BCUT2D eigenvalue weighted by Crippen LogP contribution is 2.53. The van der Waals surface area contributed by atoms with E-state index in [9.17, 15) is 23.3 Å². The van der Waals surface area contributed by atoms with Gasteiger partial charge in [-0.1, -0.05) is 18.2 Å². The van der Waals surface area contributed by atoms with Crippen molar-refractivity contribution in [2.24, 2.45) is 11.8 Å². The number of aryl methyl sites for hydroxylation is 1. The summed E-state index contributed by atoms with van der Waals surface area (Å²) in [6.45, 7) is 2.36. The van der Waals surface area contributed by atoms with Crippen molar-refractivity contribution in [3.8, 4) is 6.07 Å². The van der Waals surface area contributed by atoms with Crippen LogP contribution in [0.15, 0.2) is 114 Å². The lowest BCUT2D eigenvalue weighted by Gasteiger charge is -2.28. The molecule has 0 radical (unpaired) electrons. The zero-order valence-electron chi connectivity index (χ0n) is 25.7. The van der Waals surface area contributed by atoms with Crippen molar-refractivity contribution in [1.82, 2.24) is 24.5 Å². The van der Waals surface area contributed by atoms with Gasteiger partial charge in [-0.25, -0.2) is 8.42 Å². The lowest BCUT2D eigenvalue weighted by molar-refractivity contribution is -0.132. The van der Waals surface area contributed by atoms with Crippen LogP contribution in [0.2, 0.25) is 0 Å². The van der Waals surface area contributed by atoms with E-state index >= 15 is 0 Å². The number of nitrogens with one attached hydrogen (secondary N) is 1. The van der Waals surface area contributed by atoms with E-state index in [0.29, 0.717) is 40.2 Å². The Labute approximate surface area is 273 Å². The van der Waals surface area contributed by atoms with Gasteiger partial charge in [0.2, 0.25) is 10.0 Å². The molecule has 1 saturated carbocycles. The summed E-state index contributed by atoms with van der Waals surface area (Å²) in [6.07, 6.45) is 8.88. The molecule has 47 heavy (non-hydrogen) atoms. The number of nitriles is 1. The second-order valence-corrected chi connectivity index (χ2v) is 14.3. The Balaban J connectivity index is 1.24. The van der Waals surface area contributed by atoms with E-state index in [0.717, 1.165) is 11.1 Å². The maximum Gasteiger partial charge on any atom is 0.254 e. The highest BCUT2D eigenvalue weighted by molar-refractivity contribution is 7.89. The van der Waals surface area contributed by atoms with Crippen LogP contribution in [0.1, 0.15) is 32.6 Å². The van der Waals surface area contributed by atoms with Crippen LogP contribution in [0, 0.1) is 30.1 Å². The Morgan fingerprint density at radius 2 is 1.51 bits per heavy atom. The number of pyridine rings is 2. The van der Waals surface area contributed by atoms with Gasteiger partial charge < -0.3 is 5.32 Å². The average Bonchev–Trinajstić information content (AvgIpc) is 3.40. The van der Waals surface area contributed by atoms with Crippen LogP contribution in [0.5, 0.6) is 0 Å². The number of amides is 1. The number of carbonyl (C=O) groups excluding carboxylic acids is 2. The van der Waals surface area contributed by atoms with Gasteiger partial charge in [0.25, 0.3) is 5.91 Å². The Morgan fingerprint density at radius 3 is 2.06 bits per heavy atom. The van der Waals surface area contributed by atoms with Gasteiger partial charge >= 0.3 is 0 Å².